The lowest BCUT2D eigenvalue weighted by atomic mass is 10.2. The molecule has 1 rings (SSSR count). The van der Waals surface area contributed by atoms with E-state index < -0.39 is 11.8 Å². The van der Waals surface area contributed by atoms with Crippen molar-refractivity contribution in [2.75, 3.05) is 6.61 Å². The minimum Gasteiger partial charge on any atom is -0.462 e. The van der Waals surface area contributed by atoms with Crippen molar-refractivity contribution in [3.05, 3.63) is 32.1 Å². The molecule has 0 fully saturated rings. The van der Waals surface area contributed by atoms with Crippen molar-refractivity contribution in [2.24, 2.45) is 0 Å². The van der Waals surface area contributed by atoms with Crippen LogP contribution in [0.2, 0.25) is 5.02 Å². The second kappa shape index (κ2) is 4.93. The average molecular weight is 329 g/mol. The van der Waals surface area contributed by atoms with Crippen molar-refractivity contribution >= 4 is 40.2 Å². The summed E-state index contributed by atoms with van der Waals surface area (Å²) in [5, 5.41) is 0.288. The lowest BCUT2D eigenvalue weighted by Crippen LogP contribution is -2.07. The van der Waals surface area contributed by atoms with Crippen molar-refractivity contribution in [2.45, 2.75) is 6.92 Å². The molecule has 1 aromatic carbocycles. The van der Waals surface area contributed by atoms with Gasteiger partial charge in [-0.15, -0.1) is 0 Å². The van der Waals surface area contributed by atoms with Crippen LogP contribution in [0.5, 0.6) is 0 Å². The first-order valence-electron chi connectivity index (χ1n) is 3.88. The molecule has 0 aliphatic heterocycles. The van der Waals surface area contributed by atoms with Crippen LogP contribution in [0.4, 0.5) is 4.39 Å². The number of esters is 1. The van der Waals surface area contributed by atoms with Gasteiger partial charge in [0.2, 0.25) is 0 Å². The molecule has 5 heteroatoms. The summed E-state index contributed by atoms with van der Waals surface area (Å²) in [5.41, 5.74) is -0.0827. The molecule has 0 atom stereocenters. The molecular formula is C9H7ClFIO2. The Labute approximate surface area is 99.5 Å². The molecule has 0 amide bonds. The first-order valence-corrected chi connectivity index (χ1v) is 5.33. The quantitative estimate of drug-likeness (QED) is 0.473. The smallest absolute Gasteiger partial charge is 0.341 e. The third kappa shape index (κ3) is 2.57. The molecule has 0 aromatic heterocycles. The summed E-state index contributed by atoms with van der Waals surface area (Å²) >= 11 is 7.59. The van der Waals surface area contributed by atoms with Gasteiger partial charge in [-0.05, 0) is 41.6 Å². The van der Waals surface area contributed by atoms with E-state index in [0.717, 1.165) is 6.07 Å². The summed E-state index contributed by atoms with van der Waals surface area (Å²) in [6, 6.07) is 2.48. The molecule has 76 valence electrons. The van der Waals surface area contributed by atoms with Crippen LogP contribution in [0.25, 0.3) is 0 Å². The lowest BCUT2D eigenvalue weighted by Gasteiger charge is -2.04. The molecule has 0 saturated heterocycles. The van der Waals surface area contributed by atoms with Crippen molar-refractivity contribution in [1.82, 2.24) is 0 Å². The first-order chi connectivity index (χ1) is 6.56. The number of rotatable bonds is 2. The summed E-state index contributed by atoms with van der Waals surface area (Å²) in [7, 11) is 0. The third-order valence-corrected chi connectivity index (χ3v) is 3.03. The zero-order chi connectivity index (χ0) is 10.7. The molecule has 0 heterocycles. The van der Waals surface area contributed by atoms with Gasteiger partial charge in [-0.2, -0.15) is 0 Å². The number of halogens is 3. The fourth-order valence-electron chi connectivity index (χ4n) is 0.888. The highest BCUT2D eigenvalue weighted by atomic mass is 127. The van der Waals surface area contributed by atoms with Gasteiger partial charge >= 0.3 is 5.97 Å². The van der Waals surface area contributed by atoms with Crippen LogP contribution >= 0.6 is 34.2 Å². The average Bonchev–Trinajstić information content (AvgIpc) is 2.11. The van der Waals surface area contributed by atoms with E-state index in [9.17, 15) is 9.18 Å². The van der Waals surface area contributed by atoms with Gasteiger partial charge in [0.15, 0.2) is 0 Å². The van der Waals surface area contributed by atoms with Crippen LogP contribution in [0.1, 0.15) is 17.3 Å². The summed E-state index contributed by atoms with van der Waals surface area (Å²) in [5.74, 6) is -1.33. The largest absolute Gasteiger partial charge is 0.462 e. The number of benzene rings is 1. The standard InChI is InChI=1S/C9H7ClFIO2/c1-2-14-9(13)5-3-8(12)6(10)4-7(5)11/h3-4H,2H2,1H3. The summed E-state index contributed by atoms with van der Waals surface area (Å²) in [6.07, 6.45) is 0. The summed E-state index contributed by atoms with van der Waals surface area (Å²) < 4.78 is 18.5. The van der Waals surface area contributed by atoms with E-state index in [1.807, 2.05) is 22.6 Å². The molecule has 0 bridgehead atoms. The Morgan fingerprint density at radius 1 is 1.64 bits per heavy atom. The fraction of sp³-hybridized carbons (Fsp3) is 0.222. The van der Waals surface area contributed by atoms with Crippen LogP contribution in [-0.2, 0) is 4.74 Å². The van der Waals surface area contributed by atoms with Gasteiger partial charge in [-0.1, -0.05) is 11.6 Å². The number of ether oxygens (including phenoxy) is 1. The van der Waals surface area contributed by atoms with Crippen LogP contribution in [0, 0.1) is 9.39 Å². The molecule has 0 unspecified atom stereocenters. The lowest BCUT2D eigenvalue weighted by molar-refractivity contribution is 0.0521. The minimum absolute atomic E-state index is 0.0827. The highest BCUT2D eigenvalue weighted by molar-refractivity contribution is 14.1. The molecule has 2 nitrogen and oxygen atoms in total. The number of carbonyl (C=O) groups excluding carboxylic acids is 1. The second-order valence-electron chi connectivity index (χ2n) is 2.47. The highest BCUT2D eigenvalue weighted by Gasteiger charge is 2.14. The normalized spacial score (nSPS) is 10.0. The van der Waals surface area contributed by atoms with Gasteiger partial charge in [0.1, 0.15) is 5.82 Å². The highest BCUT2D eigenvalue weighted by Crippen LogP contribution is 2.22. The van der Waals surface area contributed by atoms with Crippen LogP contribution in [-0.4, -0.2) is 12.6 Å². The molecule has 14 heavy (non-hydrogen) atoms. The van der Waals surface area contributed by atoms with E-state index in [4.69, 9.17) is 11.6 Å². The third-order valence-electron chi connectivity index (χ3n) is 1.51. The summed E-state index contributed by atoms with van der Waals surface area (Å²) in [6.45, 7) is 1.88. The summed E-state index contributed by atoms with van der Waals surface area (Å²) in [4.78, 5) is 11.2. The van der Waals surface area contributed by atoms with Gasteiger partial charge in [-0.25, -0.2) is 9.18 Å². The van der Waals surface area contributed by atoms with Crippen LogP contribution in [0.3, 0.4) is 0 Å². The molecular weight excluding hydrogens is 321 g/mol. The zero-order valence-corrected chi connectivity index (χ0v) is 10.2. The molecule has 0 saturated carbocycles. The van der Waals surface area contributed by atoms with E-state index in [1.165, 1.54) is 6.07 Å². The Morgan fingerprint density at radius 2 is 2.29 bits per heavy atom. The maximum Gasteiger partial charge on any atom is 0.341 e. The van der Waals surface area contributed by atoms with Crippen molar-refractivity contribution < 1.29 is 13.9 Å². The maximum absolute atomic E-state index is 13.2. The topological polar surface area (TPSA) is 26.3 Å². The van der Waals surface area contributed by atoms with Crippen LogP contribution < -0.4 is 0 Å². The Balaban J connectivity index is 3.09. The molecule has 0 spiro atoms. The van der Waals surface area contributed by atoms with Gasteiger partial charge in [-0.3, -0.25) is 0 Å². The van der Waals surface area contributed by atoms with Gasteiger partial charge in [0, 0.05) is 3.57 Å². The second-order valence-corrected chi connectivity index (χ2v) is 4.04. The van der Waals surface area contributed by atoms with Crippen molar-refractivity contribution in [3.8, 4) is 0 Å². The molecule has 0 radical (unpaired) electrons. The predicted molar refractivity (Wildman–Crippen MR) is 60.1 cm³/mol. The van der Waals surface area contributed by atoms with E-state index >= 15 is 0 Å². The first kappa shape index (κ1) is 11.7. The van der Waals surface area contributed by atoms with Gasteiger partial charge in [0.05, 0.1) is 17.2 Å². The number of hydrogen-bond donors (Lipinski definition) is 0. The Morgan fingerprint density at radius 3 is 2.86 bits per heavy atom. The molecule has 0 aliphatic rings. The van der Waals surface area contributed by atoms with Crippen molar-refractivity contribution in [1.29, 1.82) is 0 Å². The maximum atomic E-state index is 13.2. The van der Waals surface area contributed by atoms with Gasteiger partial charge in [0.25, 0.3) is 0 Å². The molecule has 0 aliphatic carbocycles. The van der Waals surface area contributed by atoms with Crippen LogP contribution in [0.15, 0.2) is 12.1 Å². The monoisotopic (exact) mass is 328 g/mol. The fourth-order valence-corrected chi connectivity index (χ4v) is 1.51. The Bertz CT molecular complexity index is 368. The van der Waals surface area contributed by atoms with Crippen molar-refractivity contribution in [3.63, 3.8) is 0 Å². The Kier molecular flexibility index (Phi) is 4.12. The van der Waals surface area contributed by atoms with E-state index in [-0.39, 0.29) is 17.2 Å². The van der Waals surface area contributed by atoms with E-state index in [2.05, 4.69) is 4.74 Å². The van der Waals surface area contributed by atoms with Gasteiger partial charge < -0.3 is 4.74 Å². The minimum atomic E-state index is -0.667. The Hall–Kier alpha value is -0.360. The predicted octanol–water partition coefficient (Wildman–Crippen LogP) is 3.26. The SMILES string of the molecule is CCOC(=O)c1cc(I)c(Cl)cc1F. The number of carbonyl (C=O) groups is 1. The zero-order valence-electron chi connectivity index (χ0n) is 7.31. The van der Waals surface area contributed by atoms with E-state index in [0.29, 0.717) is 3.57 Å². The number of hydrogen-bond acceptors (Lipinski definition) is 2. The van der Waals surface area contributed by atoms with E-state index in [1.54, 1.807) is 6.92 Å². The molecule has 1 aromatic rings. The molecule has 0 N–H and O–H groups in total.